The average molecular weight is 1810 g/mol. The molecule has 0 unspecified atom stereocenters. The van der Waals surface area contributed by atoms with Crippen LogP contribution >= 0.6 is 24.4 Å². The molecule has 0 saturated carbocycles. The monoisotopic (exact) mass is 1810 g/mol. The van der Waals surface area contributed by atoms with E-state index in [2.05, 4.69) is 64.5 Å². The minimum absolute atomic E-state index is 0.0293. The molecule has 57 heteroatoms. The van der Waals surface area contributed by atoms with E-state index in [-0.39, 0.29) is 144 Å². The van der Waals surface area contributed by atoms with Crippen molar-refractivity contribution in [2.24, 2.45) is 50.1 Å². The Labute approximate surface area is 683 Å². The third-order valence-corrected chi connectivity index (χ3v) is 17.4. The smallest absolute Gasteiger partial charge is 0.475 e. The molecule has 40 nitrogen and oxygen atoms in total. The van der Waals surface area contributed by atoms with E-state index in [1.54, 1.807) is 11.8 Å². The highest BCUT2D eigenvalue weighted by atomic mass is 32.2. The lowest BCUT2D eigenvalue weighted by atomic mass is 10.0. The molecule has 2 aliphatic rings. The third-order valence-electron chi connectivity index (χ3n) is 15.7. The number of H-pyrrole nitrogens is 1. The van der Waals surface area contributed by atoms with Crippen molar-refractivity contribution in [1.29, 1.82) is 0 Å². The lowest BCUT2D eigenvalue weighted by molar-refractivity contribution is -0.193. The number of thiol groups is 1. The van der Waals surface area contributed by atoms with Crippen molar-refractivity contribution in [2.45, 2.75) is 201 Å². The van der Waals surface area contributed by atoms with Gasteiger partial charge in [-0.2, -0.15) is 90.2 Å². The van der Waals surface area contributed by atoms with Crippen LogP contribution in [0.2, 0.25) is 0 Å². The molecule has 1 aromatic heterocycles. The number of carboxylic acid groups (broad SMARTS) is 5. The molecule has 2 fully saturated rings. The Hall–Kier alpha value is -10.3. The van der Waals surface area contributed by atoms with E-state index < -0.39 is 132 Å². The number of aliphatic carboxylic acids is 5. The van der Waals surface area contributed by atoms with Crippen LogP contribution in [0.4, 0.5) is 70.7 Å². The minimum atomic E-state index is -5.08. The molecule has 8 atom stereocenters. The van der Waals surface area contributed by atoms with Crippen LogP contribution in [0, 0.1) is 0 Å². The fourth-order valence-electron chi connectivity index (χ4n) is 10.1. The number of carbonyl (C=O) groups is 14. The fourth-order valence-corrected chi connectivity index (χ4v) is 11.8. The third kappa shape index (κ3) is 51.9. The first-order valence-corrected chi connectivity index (χ1v) is 37.4. The van der Waals surface area contributed by atoms with Crippen molar-refractivity contribution in [1.82, 2.24) is 56.6 Å². The second-order valence-electron chi connectivity index (χ2n) is 25.1. The number of nitrogens with two attached hydrogens (primary N) is 7. The van der Waals surface area contributed by atoms with Gasteiger partial charge in [0.1, 0.15) is 24.2 Å². The van der Waals surface area contributed by atoms with Crippen LogP contribution in [0.15, 0.2) is 22.5 Å². The van der Waals surface area contributed by atoms with Crippen LogP contribution in [0.1, 0.15) is 122 Å². The molecule has 1 aromatic rings. The molecule has 2 aliphatic heterocycles. The second kappa shape index (κ2) is 58.6. The summed E-state index contributed by atoms with van der Waals surface area (Å²) in [5, 5.41) is 63.4. The number of fused-ring (bicyclic) bond motifs is 1. The molecule has 120 heavy (non-hydrogen) atoms. The highest BCUT2D eigenvalue weighted by Crippen LogP contribution is 2.33. The first-order valence-electron chi connectivity index (χ1n) is 35.7. The number of carboxylic acids is 5. The van der Waals surface area contributed by atoms with Crippen LogP contribution in [0.5, 0.6) is 0 Å². The van der Waals surface area contributed by atoms with Crippen molar-refractivity contribution >= 4 is 119 Å². The largest absolute Gasteiger partial charge is 0.490 e. The zero-order chi connectivity index (χ0) is 93.1. The fraction of sp³-hybridized carbons (Fsp3) is 0.698. The number of hydrogen-bond acceptors (Lipinski definition) is 22. The van der Waals surface area contributed by atoms with E-state index in [9.17, 15) is 114 Å². The van der Waals surface area contributed by atoms with E-state index in [0.29, 0.717) is 83.1 Å². The van der Waals surface area contributed by atoms with Gasteiger partial charge < -0.3 is 122 Å². The van der Waals surface area contributed by atoms with Crippen molar-refractivity contribution in [3.63, 3.8) is 0 Å². The predicted molar refractivity (Wildman–Crippen MR) is 396 cm³/mol. The molecule has 0 radical (unpaired) electrons. The van der Waals surface area contributed by atoms with E-state index in [4.69, 9.17) is 89.6 Å². The van der Waals surface area contributed by atoms with E-state index >= 15 is 0 Å². The number of unbranched alkanes of at least 4 members (excludes halogenated alkanes) is 5. The lowest BCUT2D eigenvalue weighted by Crippen LogP contribution is -2.56. The maximum Gasteiger partial charge on any atom is 0.490 e. The van der Waals surface area contributed by atoms with Crippen LogP contribution in [0.25, 0.3) is 0 Å². The number of primary amides is 1. The summed E-state index contributed by atoms with van der Waals surface area (Å²) in [5.41, 5.74) is 39.9. The maximum absolute atomic E-state index is 14.6. The number of urea groups is 1. The standard InChI is InChI=1S/C53H96N20O10S2.5C2HF3O2/c1-34(74)45(69-41(75)15-5-4-14-40-46-36(32-85-40)68-53(83)70-46)50(82)64-25-27-72(44(78)18-29-84)38(13-11-22-66-52(59)60)48(80)62-24-28-73(43(77)16-3-2-8-19-54)39(30-35-31-61-33-67-35)49(81)63-23-26-71(37(47(56)79)12-6-9-20-55)42(76)17-7-10-21-65-51(57)58;5*3-2(4,5)1(6)7/h31,33-34,36-40,45-46,74,84H,2-30,32,54-55H2,1H3,(H2,56,79)(H,61,67)(H,62,80)(H,63,81)(H,64,82)(H,69,75)(H4,57,58,65)(H4,59,60,66)(H2,68,70,83);5*(H,6,7)/t34-,36+,37+,38+,39+,40+,45+,46+;;;;;/m1...../s1. The number of aromatic amines is 1. The van der Waals surface area contributed by atoms with Crippen molar-refractivity contribution < 1.29 is 164 Å². The van der Waals surface area contributed by atoms with Gasteiger partial charge in [0, 0.05) is 107 Å². The molecular formula is C63H101F15N20O20S2. The van der Waals surface area contributed by atoms with E-state index in [1.807, 2.05) is 0 Å². The molecule has 3 rings (SSSR count). The molecule has 3 heterocycles. The number of thioether (sulfide) groups is 1. The van der Waals surface area contributed by atoms with Crippen LogP contribution < -0.4 is 72.0 Å². The number of nitrogens with zero attached hydrogens (tertiary/aromatic N) is 6. The minimum Gasteiger partial charge on any atom is -0.475 e. The Morgan fingerprint density at radius 3 is 1.34 bits per heavy atom. The van der Waals surface area contributed by atoms with E-state index in [1.165, 1.54) is 34.1 Å². The number of aliphatic hydroxyl groups excluding tert-OH is 1. The number of aliphatic hydroxyl groups is 1. The van der Waals surface area contributed by atoms with Crippen LogP contribution in [-0.2, 0) is 68.7 Å². The number of hydrogen-bond donors (Lipinski definition) is 21. The SMILES string of the molecule is C[C@@H](O)[C@H](NC(=O)CCCC[C@@H]1SC[C@@H]2NC(=O)N[C@@H]21)C(=O)NCCN(C(=O)CCS)[C@@H](CCCN=C(N)N)C(=O)NCCN(C(=O)CCCCCN)[C@@H](Cc1cnc[nH]1)C(=O)NCCN(C(=O)CCCCN=C(N)N)[C@@H](CCCCN)C(N)=O.O=C(O)C(F)(F)F.O=C(O)C(F)(F)F.O=C(O)C(F)(F)F.O=C(O)C(F)(F)F.O=C(O)C(F)(F)F. The van der Waals surface area contributed by atoms with Gasteiger partial charge in [0.25, 0.3) is 0 Å². The number of amides is 10. The Morgan fingerprint density at radius 1 is 0.542 bits per heavy atom. The summed E-state index contributed by atoms with van der Waals surface area (Å²) in [6.07, 6.45) is -17.5. The highest BCUT2D eigenvalue weighted by Gasteiger charge is 2.44. The van der Waals surface area contributed by atoms with Gasteiger partial charge in [0.2, 0.25) is 47.3 Å². The van der Waals surface area contributed by atoms with Gasteiger partial charge in [0.05, 0.1) is 24.5 Å². The Balaban J connectivity index is -0.00000322. The lowest BCUT2D eigenvalue weighted by Gasteiger charge is -2.34. The summed E-state index contributed by atoms with van der Waals surface area (Å²) in [7, 11) is 0. The predicted octanol–water partition coefficient (Wildman–Crippen LogP) is -0.399. The number of aromatic nitrogens is 2. The van der Waals surface area contributed by atoms with Gasteiger partial charge in [-0.15, -0.1) is 0 Å². The number of guanidine groups is 2. The maximum atomic E-state index is 14.6. The molecule has 0 aliphatic carbocycles. The van der Waals surface area contributed by atoms with Crippen LogP contribution in [0.3, 0.4) is 0 Å². The normalized spacial score (nSPS) is 15.2. The number of rotatable bonds is 45. The molecule has 0 aromatic carbocycles. The van der Waals surface area contributed by atoms with Crippen molar-refractivity contribution in [2.75, 3.05) is 77.0 Å². The summed E-state index contributed by atoms with van der Waals surface area (Å²) < 4.78 is 159. The summed E-state index contributed by atoms with van der Waals surface area (Å²) >= 11 is 6.04. The number of imidazole rings is 1. The van der Waals surface area contributed by atoms with E-state index in [0.717, 1.165) is 12.2 Å². The number of aliphatic imine (C=N–C) groups is 2. The van der Waals surface area contributed by atoms with Gasteiger partial charge in [-0.25, -0.2) is 33.8 Å². The topological polar surface area (TPSA) is 678 Å². The first-order chi connectivity index (χ1) is 55.4. The zero-order valence-electron chi connectivity index (χ0n) is 64.1. The number of nitrogens with one attached hydrogen (secondary N) is 7. The summed E-state index contributed by atoms with van der Waals surface area (Å²) in [6, 6.07) is -4.75. The number of carbonyl (C=O) groups excluding carboxylic acids is 9. The summed E-state index contributed by atoms with van der Waals surface area (Å²) in [4.78, 5) is 186. The molecule has 0 spiro atoms. The van der Waals surface area contributed by atoms with Crippen molar-refractivity contribution in [3.05, 3.63) is 18.2 Å². The Bertz CT molecular complexity index is 3280. The van der Waals surface area contributed by atoms with Crippen molar-refractivity contribution in [3.8, 4) is 0 Å². The Morgan fingerprint density at radius 2 is 0.933 bits per heavy atom. The second-order valence-corrected chi connectivity index (χ2v) is 26.8. The molecule has 2 saturated heterocycles. The zero-order valence-corrected chi connectivity index (χ0v) is 65.8. The van der Waals surface area contributed by atoms with Gasteiger partial charge >= 0.3 is 66.8 Å². The highest BCUT2D eigenvalue weighted by molar-refractivity contribution is 8.00. The Kier molecular flexibility index (Phi) is 55.5. The number of halogens is 15. The van der Waals surface area contributed by atoms with Crippen LogP contribution in [-0.4, -0.2) is 306 Å². The van der Waals surface area contributed by atoms with Gasteiger partial charge in [-0.05, 0) is 96.4 Å². The molecule has 10 amide bonds. The summed E-state index contributed by atoms with van der Waals surface area (Å²) in [6.45, 7) is 1.53. The molecule has 690 valence electrons. The number of alkyl halides is 15. The quantitative estimate of drug-likeness (QED) is 0.00986. The van der Waals surface area contributed by atoms with Gasteiger partial charge in [0.15, 0.2) is 11.9 Å². The average Bonchev–Trinajstić information content (AvgIpc) is 1.67. The summed E-state index contributed by atoms with van der Waals surface area (Å²) in [5.74, 6) is -17.5. The molecule has 27 N–H and O–H groups in total. The first kappa shape index (κ1) is 114. The molecule has 0 bridgehead atoms. The van der Waals surface area contributed by atoms with Gasteiger partial charge in [-0.1, -0.05) is 12.8 Å². The van der Waals surface area contributed by atoms with Gasteiger partial charge in [-0.3, -0.25) is 48.3 Å². The molecular weight excluding hydrogens is 1710 g/mol.